The van der Waals surface area contributed by atoms with Crippen molar-refractivity contribution in [1.29, 1.82) is 0 Å². The fourth-order valence-corrected chi connectivity index (χ4v) is 1.48. The van der Waals surface area contributed by atoms with Crippen LogP contribution in [0.15, 0.2) is 29.8 Å². The van der Waals surface area contributed by atoms with Crippen LogP contribution in [0.2, 0.25) is 5.02 Å². The Bertz CT molecular complexity index is 424. The molecule has 0 unspecified atom stereocenters. The molecule has 0 saturated carbocycles. The van der Waals surface area contributed by atoms with Gasteiger partial charge in [-0.25, -0.2) is 0 Å². The zero-order valence-corrected chi connectivity index (χ0v) is 10.6. The summed E-state index contributed by atoms with van der Waals surface area (Å²) in [6.45, 7) is 5.73. The lowest BCUT2D eigenvalue weighted by atomic mass is 10.2. The van der Waals surface area contributed by atoms with E-state index in [2.05, 4.69) is 5.32 Å². The van der Waals surface area contributed by atoms with E-state index in [1.807, 2.05) is 32.1 Å². The third-order valence-electron chi connectivity index (χ3n) is 2.30. The van der Waals surface area contributed by atoms with Crippen molar-refractivity contribution in [3.8, 4) is 0 Å². The average molecular weight is 238 g/mol. The van der Waals surface area contributed by atoms with Gasteiger partial charge in [0.15, 0.2) is 0 Å². The van der Waals surface area contributed by atoms with E-state index in [0.29, 0.717) is 5.02 Å². The monoisotopic (exact) mass is 237 g/mol. The molecule has 86 valence electrons. The minimum absolute atomic E-state index is 0.0817. The highest BCUT2D eigenvalue weighted by atomic mass is 35.5. The number of rotatable bonds is 3. The Balaban J connectivity index is 2.77. The SMILES string of the molecule is CCC=C(C)C(=O)Nc1ccc(C)c(Cl)c1. The number of anilines is 1. The topological polar surface area (TPSA) is 29.1 Å². The number of nitrogens with one attached hydrogen (secondary N) is 1. The Morgan fingerprint density at radius 1 is 1.50 bits per heavy atom. The predicted octanol–water partition coefficient (Wildman–Crippen LogP) is 3.94. The lowest BCUT2D eigenvalue weighted by molar-refractivity contribution is -0.112. The molecule has 2 nitrogen and oxygen atoms in total. The van der Waals surface area contributed by atoms with Crippen molar-refractivity contribution in [2.75, 3.05) is 5.32 Å². The zero-order chi connectivity index (χ0) is 12.1. The maximum Gasteiger partial charge on any atom is 0.250 e. The van der Waals surface area contributed by atoms with Gasteiger partial charge in [0.2, 0.25) is 0 Å². The molecule has 0 saturated heterocycles. The summed E-state index contributed by atoms with van der Waals surface area (Å²) in [6, 6.07) is 5.49. The van der Waals surface area contributed by atoms with Crippen LogP contribution < -0.4 is 5.32 Å². The van der Waals surface area contributed by atoms with Crippen molar-refractivity contribution in [2.45, 2.75) is 27.2 Å². The number of benzene rings is 1. The number of halogens is 1. The van der Waals surface area contributed by atoms with Crippen LogP contribution in [0.5, 0.6) is 0 Å². The summed E-state index contributed by atoms with van der Waals surface area (Å²) in [7, 11) is 0. The maximum absolute atomic E-state index is 11.7. The summed E-state index contributed by atoms with van der Waals surface area (Å²) in [5.74, 6) is -0.0817. The molecule has 0 atom stereocenters. The molecule has 0 aromatic heterocycles. The molecule has 0 aliphatic carbocycles. The molecule has 0 radical (unpaired) electrons. The van der Waals surface area contributed by atoms with E-state index in [0.717, 1.165) is 23.2 Å². The van der Waals surface area contributed by atoms with Crippen LogP contribution >= 0.6 is 11.6 Å². The Hall–Kier alpha value is -1.28. The summed E-state index contributed by atoms with van der Waals surface area (Å²) < 4.78 is 0. The summed E-state index contributed by atoms with van der Waals surface area (Å²) in [4.78, 5) is 11.7. The minimum Gasteiger partial charge on any atom is -0.322 e. The molecule has 1 amide bonds. The van der Waals surface area contributed by atoms with Crippen molar-refractivity contribution < 1.29 is 4.79 Å². The lowest BCUT2D eigenvalue weighted by Crippen LogP contribution is -2.12. The van der Waals surface area contributed by atoms with Gasteiger partial charge in [0.25, 0.3) is 5.91 Å². The Kier molecular flexibility index (Phi) is 4.56. The van der Waals surface area contributed by atoms with Crippen LogP contribution in [-0.2, 0) is 4.79 Å². The Morgan fingerprint density at radius 2 is 2.19 bits per heavy atom. The van der Waals surface area contributed by atoms with Gasteiger partial charge in [-0.05, 0) is 38.0 Å². The van der Waals surface area contributed by atoms with Crippen molar-refractivity contribution in [3.05, 3.63) is 40.4 Å². The maximum atomic E-state index is 11.7. The molecule has 1 rings (SSSR count). The molecule has 1 N–H and O–H groups in total. The van der Waals surface area contributed by atoms with Crippen LogP contribution in [0.25, 0.3) is 0 Å². The number of aryl methyl sites for hydroxylation is 1. The third kappa shape index (κ3) is 3.38. The van der Waals surface area contributed by atoms with E-state index in [4.69, 9.17) is 11.6 Å². The van der Waals surface area contributed by atoms with Gasteiger partial charge in [0.1, 0.15) is 0 Å². The fraction of sp³-hybridized carbons (Fsp3) is 0.308. The highest BCUT2D eigenvalue weighted by Crippen LogP contribution is 2.20. The minimum atomic E-state index is -0.0817. The smallest absolute Gasteiger partial charge is 0.250 e. The van der Waals surface area contributed by atoms with Crippen molar-refractivity contribution >= 4 is 23.2 Å². The first-order valence-corrected chi connectivity index (χ1v) is 5.66. The van der Waals surface area contributed by atoms with Crippen LogP contribution in [0.1, 0.15) is 25.8 Å². The average Bonchev–Trinajstić information content (AvgIpc) is 2.24. The number of carbonyl (C=O) groups excluding carboxylic acids is 1. The second-order valence-electron chi connectivity index (χ2n) is 3.71. The highest BCUT2D eigenvalue weighted by molar-refractivity contribution is 6.31. The van der Waals surface area contributed by atoms with Gasteiger partial charge in [-0.1, -0.05) is 30.7 Å². The molecular formula is C13H16ClNO. The van der Waals surface area contributed by atoms with Gasteiger partial charge in [-0.15, -0.1) is 0 Å². The van der Waals surface area contributed by atoms with E-state index in [1.54, 1.807) is 13.0 Å². The molecule has 0 aliphatic heterocycles. The van der Waals surface area contributed by atoms with E-state index in [9.17, 15) is 4.79 Å². The molecule has 0 spiro atoms. The van der Waals surface area contributed by atoms with Crippen molar-refractivity contribution in [3.63, 3.8) is 0 Å². The first-order chi connectivity index (χ1) is 7.54. The van der Waals surface area contributed by atoms with Crippen molar-refractivity contribution in [2.24, 2.45) is 0 Å². The molecule has 0 fully saturated rings. The number of allylic oxidation sites excluding steroid dienone is 1. The van der Waals surface area contributed by atoms with Gasteiger partial charge in [-0.2, -0.15) is 0 Å². The third-order valence-corrected chi connectivity index (χ3v) is 2.71. The van der Waals surface area contributed by atoms with Gasteiger partial charge < -0.3 is 5.32 Å². The van der Waals surface area contributed by atoms with Gasteiger partial charge in [0, 0.05) is 16.3 Å². The molecule has 0 aliphatic rings. The van der Waals surface area contributed by atoms with E-state index >= 15 is 0 Å². The quantitative estimate of drug-likeness (QED) is 0.793. The number of amides is 1. The normalized spacial score (nSPS) is 11.4. The molecule has 1 aromatic rings. The molecular weight excluding hydrogens is 222 g/mol. The highest BCUT2D eigenvalue weighted by Gasteiger charge is 2.05. The van der Waals surface area contributed by atoms with E-state index in [-0.39, 0.29) is 5.91 Å². The molecule has 1 aromatic carbocycles. The first-order valence-electron chi connectivity index (χ1n) is 5.29. The van der Waals surface area contributed by atoms with Crippen LogP contribution in [0, 0.1) is 6.92 Å². The largest absolute Gasteiger partial charge is 0.322 e. The van der Waals surface area contributed by atoms with E-state index < -0.39 is 0 Å². The van der Waals surface area contributed by atoms with Crippen LogP contribution in [0.3, 0.4) is 0 Å². The van der Waals surface area contributed by atoms with E-state index in [1.165, 1.54) is 0 Å². The van der Waals surface area contributed by atoms with Crippen LogP contribution in [-0.4, -0.2) is 5.91 Å². The number of hydrogen-bond donors (Lipinski definition) is 1. The standard InChI is InChI=1S/C13H16ClNO/c1-4-5-10(3)13(16)15-11-7-6-9(2)12(14)8-11/h5-8H,4H2,1-3H3,(H,15,16). The van der Waals surface area contributed by atoms with Gasteiger partial charge >= 0.3 is 0 Å². The summed E-state index contributed by atoms with van der Waals surface area (Å²) in [6.07, 6.45) is 2.75. The summed E-state index contributed by atoms with van der Waals surface area (Å²) in [5.41, 5.74) is 2.45. The molecule has 0 bridgehead atoms. The fourth-order valence-electron chi connectivity index (χ4n) is 1.30. The first kappa shape index (κ1) is 12.8. The summed E-state index contributed by atoms with van der Waals surface area (Å²) >= 11 is 5.97. The molecule has 0 heterocycles. The summed E-state index contributed by atoms with van der Waals surface area (Å²) in [5, 5.41) is 3.46. The molecule has 3 heteroatoms. The Labute approximate surface area is 101 Å². The van der Waals surface area contributed by atoms with Crippen molar-refractivity contribution in [1.82, 2.24) is 0 Å². The van der Waals surface area contributed by atoms with Gasteiger partial charge in [0.05, 0.1) is 0 Å². The second-order valence-corrected chi connectivity index (χ2v) is 4.12. The Morgan fingerprint density at radius 3 is 2.75 bits per heavy atom. The predicted molar refractivity (Wildman–Crippen MR) is 68.9 cm³/mol. The zero-order valence-electron chi connectivity index (χ0n) is 9.80. The molecule has 16 heavy (non-hydrogen) atoms. The van der Waals surface area contributed by atoms with Crippen LogP contribution in [0.4, 0.5) is 5.69 Å². The lowest BCUT2D eigenvalue weighted by Gasteiger charge is -2.06. The number of hydrogen-bond acceptors (Lipinski definition) is 1. The second kappa shape index (κ2) is 5.71. The number of carbonyl (C=O) groups is 1. The van der Waals surface area contributed by atoms with Gasteiger partial charge in [-0.3, -0.25) is 4.79 Å².